The number of nitrogens with zero attached hydrogens (tertiary/aromatic N) is 1. The van der Waals surface area contributed by atoms with E-state index in [1.807, 2.05) is 42.7 Å². The molecule has 0 heterocycles. The summed E-state index contributed by atoms with van der Waals surface area (Å²) in [5.74, 6) is 0.329. The minimum atomic E-state index is -0.306. The Morgan fingerprint density at radius 2 is 1.91 bits per heavy atom. The SMILES string of the molecule is CSc1ccc(/C=N\NC(=O)COc2ccc(Br)cc2)cc1. The monoisotopic (exact) mass is 378 g/mol. The molecule has 0 aromatic heterocycles. The quantitative estimate of drug-likeness (QED) is 0.473. The maximum Gasteiger partial charge on any atom is 0.277 e. The zero-order valence-electron chi connectivity index (χ0n) is 12.0. The lowest BCUT2D eigenvalue weighted by molar-refractivity contribution is -0.123. The summed E-state index contributed by atoms with van der Waals surface area (Å²) in [7, 11) is 0. The molecule has 2 rings (SSSR count). The van der Waals surface area contributed by atoms with Gasteiger partial charge in [0.05, 0.1) is 6.21 Å². The number of ether oxygens (including phenoxy) is 1. The summed E-state index contributed by atoms with van der Waals surface area (Å²) in [4.78, 5) is 12.8. The Labute approximate surface area is 142 Å². The molecule has 0 aliphatic rings. The first-order valence-electron chi connectivity index (χ1n) is 6.52. The molecule has 0 unspecified atom stereocenters. The average Bonchev–Trinajstić information content (AvgIpc) is 2.55. The van der Waals surface area contributed by atoms with Gasteiger partial charge < -0.3 is 4.74 Å². The fraction of sp³-hybridized carbons (Fsp3) is 0.125. The number of hydrogen-bond donors (Lipinski definition) is 1. The predicted octanol–water partition coefficient (Wildman–Crippen LogP) is 3.70. The second kappa shape index (κ2) is 8.60. The van der Waals surface area contributed by atoms with Crippen molar-refractivity contribution in [2.45, 2.75) is 4.90 Å². The molecular weight excluding hydrogens is 364 g/mol. The highest BCUT2D eigenvalue weighted by Crippen LogP contribution is 2.16. The topological polar surface area (TPSA) is 50.7 Å². The van der Waals surface area contributed by atoms with E-state index in [2.05, 4.69) is 26.5 Å². The Morgan fingerprint density at radius 3 is 2.55 bits per heavy atom. The maximum absolute atomic E-state index is 11.6. The van der Waals surface area contributed by atoms with Crippen molar-refractivity contribution in [2.75, 3.05) is 12.9 Å². The number of carbonyl (C=O) groups is 1. The average molecular weight is 379 g/mol. The summed E-state index contributed by atoms with van der Waals surface area (Å²) in [5.41, 5.74) is 3.36. The standard InChI is InChI=1S/C16H15BrN2O2S/c1-22-15-8-2-12(3-9-15)10-18-19-16(20)11-21-14-6-4-13(17)5-7-14/h2-10H,11H2,1H3,(H,19,20)/b18-10-. The molecule has 0 spiro atoms. The molecular formula is C16H15BrN2O2S. The Balaban J connectivity index is 1.76. The van der Waals surface area contributed by atoms with Gasteiger partial charge in [-0.1, -0.05) is 28.1 Å². The Kier molecular flexibility index (Phi) is 6.48. The normalized spacial score (nSPS) is 10.6. The fourth-order valence-corrected chi connectivity index (χ4v) is 2.25. The van der Waals surface area contributed by atoms with E-state index < -0.39 is 0 Å². The van der Waals surface area contributed by atoms with Gasteiger partial charge in [-0.05, 0) is 48.2 Å². The molecule has 0 saturated carbocycles. The van der Waals surface area contributed by atoms with Crippen LogP contribution < -0.4 is 10.2 Å². The van der Waals surface area contributed by atoms with Crippen LogP contribution in [0, 0.1) is 0 Å². The molecule has 0 aliphatic carbocycles. The minimum Gasteiger partial charge on any atom is -0.484 e. The van der Waals surface area contributed by atoms with Crippen molar-refractivity contribution in [3.8, 4) is 5.75 Å². The van der Waals surface area contributed by atoms with Gasteiger partial charge in [-0.3, -0.25) is 4.79 Å². The molecule has 0 radical (unpaired) electrons. The van der Waals surface area contributed by atoms with Crippen molar-refractivity contribution in [1.82, 2.24) is 5.43 Å². The van der Waals surface area contributed by atoms with E-state index in [1.54, 1.807) is 30.1 Å². The highest BCUT2D eigenvalue weighted by Gasteiger charge is 2.01. The maximum atomic E-state index is 11.6. The number of nitrogens with one attached hydrogen (secondary N) is 1. The Bertz CT molecular complexity index is 642. The minimum absolute atomic E-state index is 0.0790. The van der Waals surface area contributed by atoms with Crippen LogP contribution in [0.25, 0.3) is 0 Å². The van der Waals surface area contributed by atoms with E-state index in [9.17, 15) is 4.79 Å². The summed E-state index contributed by atoms with van der Waals surface area (Å²) >= 11 is 5.01. The van der Waals surface area contributed by atoms with Gasteiger partial charge in [0.2, 0.25) is 0 Å². The van der Waals surface area contributed by atoms with Gasteiger partial charge in [0.15, 0.2) is 6.61 Å². The van der Waals surface area contributed by atoms with E-state index in [4.69, 9.17) is 4.74 Å². The first kappa shape index (κ1) is 16.6. The highest BCUT2D eigenvalue weighted by molar-refractivity contribution is 9.10. The molecule has 1 N–H and O–H groups in total. The molecule has 114 valence electrons. The molecule has 0 saturated heterocycles. The van der Waals surface area contributed by atoms with E-state index in [1.165, 1.54) is 4.90 Å². The van der Waals surface area contributed by atoms with E-state index in [0.29, 0.717) is 5.75 Å². The zero-order chi connectivity index (χ0) is 15.8. The summed E-state index contributed by atoms with van der Waals surface area (Å²) in [6, 6.07) is 15.2. The van der Waals surface area contributed by atoms with Crippen molar-refractivity contribution < 1.29 is 9.53 Å². The number of hydrogen-bond acceptors (Lipinski definition) is 4. The first-order chi connectivity index (χ1) is 10.7. The van der Waals surface area contributed by atoms with E-state index in [-0.39, 0.29) is 12.5 Å². The lowest BCUT2D eigenvalue weighted by Gasteiger charge is -2.04. The summed E-state index contributed by atoms with van der Waals surface area (Å²) in [5, 5.41) is 3.90. The van der Waals surface area contributed by atoms with Gasteiger partial charge >= 0.3 is 0 Å². The lowest BCUT2D eigenvalue weighted by atomic mass is 10.2. The molecule has 0 aliphatic heterocycles. The summed E-state index contributed by atoms with van der Waals surface area (Å²) in [6.45, 7) is -0.0790. The van der Waals surface area contributed by atoms with Crippen LogP contribution >= 0.6 is 27.7 Å². The van der Waals surface area contributed by atoms with Crippen LogP contribution in [0.1, 0.15) is 5.56 Å². The van der Waals surface area contributed by atoms with Gasteiger partial charge in [0.25, 0.3) is 5.91 Å². The lowest BCUT2D eigenvalue weighted by Crippen LogP contribution is -2.24. The molecule has 4 nitrogen and oxygen atoms in total. The van der Waals surface area contributed by atoms with Crippen LogP contribution in [0.4, 0.5) is 0 Å². The van der Waals surface area contributed by atoms with E-state index in [0.717, 1.165) is 10.0 Å². The molecule has 0 atom stereocenters. The third-order valence-electron chi connectivity index (χ3n) is 2.70. The van der Waals surface area contributed by atoms with Crippen molar-refractivity contribution in [3.05, 3.63) is 58.6 Å². The summed E-state index contributed by atoms with van der Waals surface area (Å²) < 4.78 is 6.31. The van der Waals surface area contributed by atoms with Gasteiger partial charge in [-0.25, -0.2) is 5.43 Å². The van der Waals surface area contributed by atoms with Crippen molar-refractivity contribution >= 4 is 39.8 Å². The third kappa shape index (κ3) is 5.54. The number of amides is 1. The third-order valence-corrected chi connectivity index (χ3v) is 3.97. The van der Waals surface area contributed by atoms with Crippen molar-refractivity contribution in [2.24, 2.45) is 5.10 Å². The van der Waals surface area contributed by atoms with Gasteiger partial charge in [0.1, 0.15) is 5.75 Å². The number of halogens is 1. The number of thioether (sulfide) groups is 1. The van der Waals surface area contributed by atoms with Crippen molar-refractivity contribution in [1.29, 1.82) is 0 Å². The molecule has 2 aromatic rings. The highest BCUT2D eigenvalue weighted by atomic mass is 79.9. The molecule has 1 amide bonds. The molecule has 2 aromatic carbocycles. The molecule has 6 heteroatoms. The first-order valence-corrected chi connectivity index (χ1v) is 8.53. The molecule has 0 fully saturated rings. The number of benzene rings is 2. The van der Waals surface area contributed by atoms with Crippen molar-refractivity contribution in [3.63, 3.8) is 0 Å². The Hall–Kier alpha value is -1.79. The number of hydrazone groups is 1. The second-order valence-corrected chi connectivity index (χ2v) is 6.10. The summed E-state index contributed by atoms with van der Waals surface area (Å²) in [6.07, 6.45) is 3.62. The molecule has 22 heavy (non-hydrogen) atoms. The Morgan fingerprint density at radius 1 is 1.23 bits per heavy atom. The van der Waals surface area contributed by atoms with Crippen LogP contribution in [0.5, 0.6) is 5.75 Å². The van der Waals surface area contributed by atoms with Crippen LogP contribution in [-0.2, 0) is 4.79 Å². The van der Waals surface area contributed by atoms with E-state index >= 15 is 0 Å². The van der Waals surface area contributed by atoms with Crippen LogP contribution in [0.3, 0.4) is 0 Å². The fourth-order valence-electron chi connectivity index (χ4n) is 1.58. The van der Waals surface area contributed by atoms with Crippen LogP contribution in [0.2, 0.25) is 0 Å². The molecule has 0 bridgehead atoms. The van der Waals surface area contributed by atoms with Gasteiger partial charge in [-0.2, -0.15) is 5.10 Å². The van der Waals surface area contributed by atoms with Gasteiger partial charge in [-0.15, -0.1) is 11.8 Å². The number of rotatable bonds is 6. The van der Waals surface area contributed by atoms with Gasteiger partial charge in [0, 0.05) is 9.37 Å². The largest absolute Gasteiger partial charge is 0.484 e. The van der Waals surface area contributed by atoms with Crippen LogP contribution in [-0.4, -0.2) is 25.0 Å². The number of carbonyl (C=O) groups excluding carboxylic acids is 1. The second-order valence-electron chi connectivity index (χ2n) is 4.31. The predicted molar refractivity (Wildman–Crippen MR) is 93.6 cm³/mol. The van der Waals surface area contributed by atoms with Crippen LogP contribution in [0.15, 0.2) is 63.0 Å². The smallest absolute Gasteiger partial charge is 0.277 e. The zero-order valence-corrected chi connectivity index (χ0v) is 14.4.